The number of hydrogen-bond acceptors (Lipinski definition) is 5. The van der Waals surface area contributed by atoms with E-state index in [0.717, 1.165) is 0 Å². The van der Waals surface area contributed by atoms with Crippen molar-refractivity contribution in [3.63, 3.8) is 0 Å². The lowest BCUT2D eigenvalue weighted by molar-refractivity contribution is 0.122. The van der Waals surface area contributed by atoms with E-state index in [4.69, 9.17) is 21.1 Å². The minimum atomic E-state index is -3.18. The number of benzene rings is 1. The highest BCUT2D eigenvalue weighted by Gasteiger charge is 2.37. The van der Waals surface area contributed by atoms with Gasteiger partial charge >= 0.3 is 6.09 Å². The first-order valence-corrected chi connectivity index (χ1v) is 8.68. The minimum absolute atomic E-state index is 0.0626. The van der Waals surface area contributed by atoms with E-state index in [0.29, 0.717) is 5.75 Å². The topological polar surface area (TPSA) is 81.7 Å². The molecular weight excluding hydrogens is 318 g/mol. The number of sulfone groups is 1. The van der Waals surface area contributed by atoms with Gasteiger partial charge in [0, 0.05) is 0 Å². The van der Waals surface area contributed by atoms with E-state index in [2.05, 4.69) is 5.32 Å². The molecular formula is C13H16ClNO5S. The third kappa shape index (κ3) is 5.09. The Morgan fingerprint density at radius 2 is 1.95 bits per heavy atom. The summed E-state index contributed by atoms with van der Waals surface area (Å²) in [7, 11) is -3.18. The lowest BCUT2D eigenvalue weighted by atomic mass is 10.3. The predicted octanol–water partition coefficient (Wildman–Crippen LogP) is 1.20. The molecule has 8 heteroatoms. The highest BCUT2D eigenvalue weighted by Crippen LogP contribution is 2.18. The molecule has 0 spiro atoms. The van der Waals surface area contributed by atoms with Crippen LogP contribution in [0.5, 0.6) is 5.75 Å². The van der Waals surface area contributed by atoms with Crippen LogP contribution in [-0.4, -0.2) is 50.6 Å². The standard InChI is InChI=1S/C13H16ClNO5S/c14-11-8-21(17,18)9-12(11)15-13(16)20-7-6-19-10-4-2-1-3-5-10/h1-5,11-12H,6-9H2,(H,15,16). The van der Waals surface area contributed by atoms with Crippen molar-refractivity contribution >= 4 is 27.5 Å². The molecule has 2 unspecified atom stereocenters. The molecule has 0 radical (unpaired) electrons. The molecule has 1 aliphatic heterocycles. The number of ether oxygens (including phenoxy) is 2. The summed E-state index contributed by atoms with van der Waals surface area (Å²) in [5, 5.41) is 1.83. The Bertz CT molecular complexity index is 577. The van der Waals surface area contributed by atoms with Gasteiger partial charge in [-0.25, -0.2) is 13.2 Å². The van der Waals surface area contributed by atoms with Crippen molar-refractivity contribution in [1.29, 1.82) is 0 Å². The Morgan fingerprint density at radius 1 is 1.24 bits per heavy atom. The normalized spacial score (nSPS) is 23.5. The second-order valence-corrected chi connectivity index (χ2v) is 7.36. The zero-order chi connectivity index (χ0) is 15.3. The summed E-state index contributed by atoms with van der Waals surface area (Å²) < 4.78 is 33.0. The molecule has 1 heterocycles. The molecule has 1 aromatic rings. The average molecular weight is 334 g/mol. The molecule has 0 aliphatic carbocycles. The van der Waals surface area contributed by atoms with Gasteiger partial charge in [-0.1, -0.05) is 18.2 Å². The van der Waals surface area contributed by atoms with E-state index in [1.807, 2.05) is 18.2 Å². The maximum Gasteiger partial charge on any atom is 0.407 e. The van der Waals surface area contributed by atoms with E-state index >= 15 is 0 Å². The molecule has 2 rings (SSSR count). The molecule has 0 saturated carbocycles. The van der Waals surface area contributed by atoms with Gasteiger partial charge in [0.05, 0.1) is 22.9 Å². The fourth-order valence-corrected chi connectivity index (χ4v) is 4.49. The van der Waals surface area contributed by atoms with Crippen LogP contribution < -0.4 is 10.1 Å². The summed E-state index contributed by atoms with van der Waals surface area (Å²) in [5.74, 6) is 0.400. The van der Waals surface area contributed by atoms with Crippen LogP contribution in [0.15, 0.2) is 30.3 Å². The van der Waals surface area contributed by atoms with Crippen LogP contribution in [0.1, 0.15) is 0 Å². The van der Waals surface area contributed by atoms with Crippen LogP contribution >= 0.6 is 11.6 Å². The quantitative estimate of drug-likeness (QED) is 0.646. The maximum atomic E-state index is 11.5. The third-order valence-electron chi connectivity index (χ3n) is 2.91. The molecule has 1 saturated heterocycles. The fourth-order valence-electron chi connectivity index (χ4n) is 1.94. The molecule has 6 nitrogen and oxygen atoms in total. The Hall–Kier alpha value is -1.47. The van der Waals surface area contributed by atoms with Gasteiger partial charge in [0.25, 0.3) is 0 Å². The van der Waals surface area contributed by atoms with Crippen molar-refractivity contribution in [2.45, 2.75) is 11.4 Å². The van der Waals surface area contributed by atoms with Crippen LogP contribution in [0.4, 0.5) is 4.79 Å². The number of carbonyl (C=O) groups excluding carboxylic acids is 1. The summed E-state index contributed by atoms with van der Waals surface area (Å²) in [6.07, 6.45) is -0.695. The van der Waals surface area contributed by atoms with E-state index in [9.17, 15) is 13.2 Å². The Labute approximate surface area is 128 Å². The second-order valence-electron chi connectivity index (χ2n) is 4.64. The van der Waals surface area contributed by atoms with E-state index in [-0.39, 0.29) is 24.7 Å². The SMILES string of the molecule is O=C(NC1CS(=O)(=O)CC1Cl)OCCOc1ccccc1. The number of halogens is 1. The Balaban J connectivity index is 1.66. The van der Waals surface area contributed by atoms with Gasteiger partial charge < -0.3 is 14.8 Å². The number of para-hydroxylation sites is 1. The molecule has 1 aromatic carbocycles. The molecule has 2 atom stereocenters. The minimum Gasteiger partial charge on any atom is -0.490 e. The zero-order valence-corrected chi connectivity index (χ0v) is 12.8. The van der Waals surface area contributed by atoms with Crippen LogP contribution in [0.25, 0.3) is 0 Å². The van der Waals surface area contributed by atoms with Crippen molar-refractivity contribution in [2.75, 3.05) is 24.7 Å². The molecule has 1 aliphatic rings. The van der Waals surface area contributed by atoms with Crippen molar-refractivity contribution in [3.8, 4) is 5.75 Å². The highest BCUT2D eigenvalue weighted by molar-refractivity contribution is 7.91. The first kappa shape index (κ1) is 15.9. The molecule has 0 bridgehead atoms. The summed E-state index contributed by atoms with van der Waals surface area (Å²) in [6.45, 7) is 0.276. The summed E-state index contributed by atoms with van der Waals surface area (Å²) >= 11 is 5.87. The van der Waals surface area contributed by atoms with E-state index in [1.54, 1.807) is 12.1 Å². The van der Waals surface area contributed by atoms with Crippen molar-refractivity contribution in [3.05, 3.63) is 30.3 Å². The van der Waals surface area contributed by atoms with Gasteiger partial charge in [0.15, 0.2) is 9.84 Å². The maximum absolute atomic E-state index is 11.5. The largest absolute Gasteiger partial charge is 0.490 e. The molecule has 0 aromatic heterocycles. The van der Waals surface area contributed by atoms with Crippen LogP contribution in [0, 0.1) is 0 Å². The Morgan fingerprint density at radius 3 is 2.57 bits per heavy atom. The smallest absolute Gasteiger partial charge is 0.407 e. The second kappa shape index (κ2) is 7.00. The van der Waals surface area contributed by atoms with Gasteiger partial charge in [0.2, 0.25) is 0 Å². The number of carbonyl (C=O) groups is 1. The van der Waals surface area contributed by atoms with Gasteiger partial charge in [-0.15, -0.1) is 11.6 Å². The molecule has 1 amide bonds. The lowest BCUT2D eigenvalue weighted by Crippen LogP contribution is -2.41. The number of amides is 1. The molecule has 21 heavy (non-hydrogen) atoms. The summed E-state index contributed by atoms with van der Waals surface area (Å²) in [6, 6.07) is 8.52. The molecule has 1 fully saturated rings. The number of alkyl carbamates (subject to hydrolysis) is 1. The molecule has 1 N–H and O–H groups in total. The van der Waals surface area contributed by atoms with Gasteiger partial charge in [-0.2, -0.15) is 0 Å². The van der Waals surface area contributed by atoms with Gasteiger partial charge in [-0.3, -0.25) is 0 Å². The lowest BCUT2D eigenvalue weighted by Gasteiger charge is -2.14. The summed E-state index contributed by atoms with van der Waals surface area (Å²) in [4.78, 5) is 11.5. The number of rotatable bonds is 5. The van der Waals surface area contributed by atoms with Crippen LogP contribution in [0.2, 0.25) is 0 Å². The highest BCUT2D eigenvalue weighted by atomic mass is 35.5. The molecule has 116 valence electrons. The van der Waals surface area contributed by atoms with Gasteiger partial charge in [0.1, 0.15) is 19.0 Å². The predicted molar refractivity (Wildman–Crippen MR) is 78.5 cm³/mol. The number of alkyl halides is 1. The fraction of sp³-hybridized carbons (Fsp3) is 0.462. The van der Waals surface area contributed by atoms with Crippen molar-refractivity contribution in [1.82, 2.24) is 5.32 Å². The summed E-state index contributed by atoms with van der Waals surface area (Å²) in [5.41, 5.74) is 0. The average Bonchev–Trinajstić information content (AvgIpc) is 2.68. The van der Waals surface area contributed by atoms with Crippen molar-refractivity contribution in [2.24, 2.45) is 0 Å². The Kier molecular flexibility index (Phi) is 5.30. The van der Waals surface area contributed by atoms with Crippen LogP contribution in [0.3, 0.4) is 0 Å². The number of nitrogens with one attached hydrogen (secondary N) is 1. The van der Waals surface area contributed by atoms with Crippen LogP contribution in [-0.2, 0) is 14.6 Å². The first-order valence-electron chi connectivity index (χ1n) is 6.42. The zero-order valence-electron chi connectivity index (χ0n) is 11.2. The van der Waals surface area contributed by atoms with Gasteiger partial charge in [-0.05, 0) is 12.1 Å². The monoisotopic (exact) mass is 333 g/mol. The number of hydrogen-bond donors (Lipinski definition) is 1. The third-order valence-corrected chi connectivity index (χ3v) is 5.29. The van der Waals surface area contributed by atoms with E-state index in [1.165, 1.54) is 0 Å². The van der Waals surface area contributed by atoms with Crippen molar-refractivity contribution < 1.29 is 22.7 Å². The van der Waals surface area contributed by atoms with E-state index < -0.39 is 27.3 Å². The first-order chi connectivity index (χ1) is 9.96.